The third-order valence-corrected chi connectivity index (χ3v) is 16.9. The molecule has 8 rings (SSSR count). The van der Waals surface area contributed by atoms with Crippen molar-refractivity contribution < 1.29 is 43.5 Å². The van der Waals surface area contributed by atoms with E-state index in [4.69, 9.17) is 23.1 Å². The van der Waals surface area contributed by atoms with Crippen molar-refractivity contribution in [1.82, 2.24) is 57.2 Å². The average molecular weight is 1150 g/mol. The number of amides is 8. The van der Waals surface area contributed by atoms with Crippen LogP contribution in [-0.2, 0) is 65.8 Å². The SMILES string of the molecule is NCCCC[C@@H]1NC(=O)[C@H](Cc2c[nH]c3ccccc23)NC(=O)[C@H](NC(=O)CCCC[C@@H]2SC[C@@H]3NC(=O)N[C@@H]32)Cc2cn(nn2)CCCC[C@H](C(N)=O)NC(=O)[C@H](Cc2ccc(Cl)cc2)CC(=O)[C@H](Cc2ccc(O)cc2)NC1=O. The number of phenolic OH excluding ortho intramolecular Hbond substituents is 1. The number of benzene rings is 3. The first-order valence-corrected chi connectivity index (χ1v) is 29.2. The maximum Gasteiger partial charge on any atom is 0.315 e. The fourth-order valence-electron chi connectivity index (χ4n) is 10.7. The number of thioether (sulfide) groups is 1. The van der Waals surface area contributed by atoms with Crippen molar-refractivity contribution in [2.75, 3.05) is 12.3 Å². The molecule has 0 radical (unpaired) electrons. The summed E-state index contributed by atoms with van der Waals surface area (Å²) in [6, 6.07) is 14.1. The highest BCUT2D eigenvalue weighted by molar-refractivity contribution is 8.00. The van der Waals surface area contributed by atoms with Crippen molar-refractivity contribution in [2.24, 2.45) is 17.4 Å². The predicted octanol–water partition coefficient (Wildman–Crippen LogP) is 2.91. The Hall–Kier alpha value is -7.50. The number of primary amides is 1. The number of aromatic hydroxyl groups is 1. The number of unbranched alkanes of at least 4 members (excludes halogenated alkanes) is 2. The Kier molecular flexibility index (Phi) is 21.2. The van der Waals surface area contributed by atoms with E-state index in [9.17, 15) is 43.5 Å². The Morgan fingerprint density at radius 2 is 1.47 bits per heavy atom. The molecule has 2 saturated heterocycles. The quantitative estimate of drug-likeness (QED) is 0.0472. The van der Waals surface area contributed by atoms with Crippen LogP contribution >= 0.6 is 23.4 Å². The van der Waals surface area contributed by atoms with E-state index in [0.717, 1.165) is 23.1 Å². The molecule has 81 heavy (non-hydrogen) atoms. The Balaban J connectivity index is 1.10. The van der Waals surface area contributed by atoms with Gasteiger partial charge in [-0.1, -0.05) is 65.7 Å². The van der Waals surface area contributed by atoms with Gasteiger partial charge in [-0.05, 0) is 118 Å². The molecule has 432 valence electrons. The molecule has 5 heterocycles. The smallest absolute Gasteiger partial charge is 0.315 e. The lowest BCUT2D eigenvalue weighted by Gasteiger charge is -2.27. The molecule has 2 fully saturated rings. The van der Waals surface area contributed by atoms with E-state index in [1.165, 1.54) is 12.1 Å². The summed E-state index contributed by atoms with van der Waals surface area (Å²) in [6.45, 7) is 0.618. The van der Waals surface area contributed by atoms with Crippen LogP contribution in [0.5, 0.6) is 5.75 Å². The second-order valence-electron chi connectivity index (χ2n) is 21.2. The molecule has 0 spiro atoms. The fraction of sp³-hybridized carbons (Fsp3) is 0.474. The molecule has 3 aliphatic rings. The molecule has 5 aromatic rings. The summed E-state index contributed by atoms with van der Waals surface area (Å²) in [5.74, 6) is -4.72. The summed E-state index contributed by atoms with van der Waals surface area (Å²) in [7, 11) is 0. The number of fused-ring (bicyclic) bond motifs is 4. The van der Waals surface area contributed by atoms with E-state index in [1.54, 1.807) is 65.2 Å². The third-order valence-electron chi connectivity index (χ3n) is 15.1. The number of hydrogen-bond donors (Lipinski definition) is 11. The average Bonchev–Trinajstić information content (AvgIpc) is 4.32. The van der Waals surface area contributed by atoms with Gasteiger partial charge in [-0.25, -0.2) is 4.79 Å². The summed E-state index contributed by atoms with van der Waals surface area (Å²) < 4.78 is 1.57. The number of Topliss-reactive ketones (excluding diaryl/α,β-unsaturated/α-hetero) is 1. The second kappa shape index (κ2) is 28.8. The van der Waals surface area contributed by atoms with Gasteiger partial charge >= 0.3 is 6.03 Å². The number of aromatic nitrogens is 4. The molecule has 3 aliphatic heterocycles. The molecule has 2 bridgehead atoms. The molecular weight excluding hydrogens is 1080 g/mol. The minimum Gasteiger partial charge on any atom is -0.508 e. The van der Waals surface area contributed by atoms with Gasteiger partial charge in [0.2, 0.25) is 35.4 Å². The van der Waals surface area contributed by atoms with Gasteiger partial charge in [0.25, 0.3) is 0 Å². The molecule has 0 saturated carbocycles. The number of nitrogens with one attached hydrogen (secondary N) is 8. The van der Waals surface area contributed by atoms with E-state index in [2.05, 4.69) is 52.5 Å². The molecule has 8 amide bonds. The van der Waals surface area contributed by atoms with Crippen LogP contribution in [0, 0.1) is 5.92 Å². The molecule has 13 N–H and O–H groups in total. The lowest BCUT2D eigenvalue weighted by molar-refractivity contribution is -0.135. The van der Waals surface area contributed by atoms with Gasteiger partial charge in [0.15, 0.2) is 5.78 Å². The van der Waals surface area contributed by atoms with E-state index in [1.807, 2.05) is 24.3 Å². The molecule has 22 nitrogen and oxygen atoms in total. The lowest BCUT2D eigenvalue weighted by atomic mass is 9.89. The zero-order valence-corrected chi connectivity index (χ0v) is 46.6. The first-order chi connectivity index (χ1) is 39.1. The number of aryl methyl sites for hydroxylation is 1. The maximum absolute atomic E-state index is 15.0. The Labute approximate surface area is 478 Å². The van der Waals surface area contributed by atoms with Crippen LogP contribution < -0.4 is 48.7 Å². The zero-order chi connectivity index (χ0) is 57.4. The Bertz CT molecular complexity index is 3010. The number of rotatable bonds is 17. The van der Waals surface area contributed by atoms with Crippen LogP contribution in [0.25, 0.3) is 10.9 Å². The molecular formula is C57H72ClN13O9S. The number of ketones is 1. The fourth-order valence-corrected chi connectivity index (χ4v) is 12.3. The van der Waals surface area contributed by atoms with Crippen molar-refractivity contribution in [2.45, 2.75) is 150 Å². The van der Waals surface area contributed by atoms with Crippen LogP contribution in [0.1, 0.15) is 93.0 Å². The normalized spacial score (nSPS) is 24.4. The van der Waals surface area contributed by atoms with Crippen LogP contribution in [0.15, 0.2) is 85.2 Å². The number of urea groups is 1. The number of carbonyl (C=O) groups excluding carboxylic acids is 8. The van der Waals surface area contributed by atoms with E-state index >= 15 is 0 Å². The number of carbonyl (C=O) groups is 8. The zero-order valence-electron chi connectivity index (χ0n) is 45.0. The van der Waals surface area contributed by atoms with Gasteiger partial charge in [-0.15, -0.1) is 5.10 Å². The largest absolute Gasteiger partial charge is 0.508 e. The second-order valence-corrected chi connectivity index (χ2v) is 22.9. The molecule has 24 heteroatoms. The first-order valence-electron chi connectivity index (χ1n) is 27.8. The van der Waals surface area contributed by atoms with Crippen molar-refractivity contribution in [3.63, 3.8) is 0 Å². The minimum atomic E-state index is -1.31. The molecule has 9 atom stereocenters. The number of hydrogen-bond acceptors (Lipinski definition) is 13. The summed E-state index contributed by atoms with van der Waals surface area (Å²) in [5, 5.41) is 40.5. The van der Waals surface area contributed by atoms with Gasteiger partial charge in [0, 0.05) is 77.5 Å². The summed E-state index contributed by atoms with van der Waals surface area (Å²) in [6.07, 6.45) is 6.92. The number of para-hydroxylation sites is 1. The van der Waals surface area contributed by atoms with Crippen LogP contribution in [0.4, 0.5) is 4.79 Å². The van der Waals surface area contributed by atoms with Crippen molar-refractivity contribution in [3.8, 4) is 5.75 Å². The van der Waals surface area contributed by atoms with Gasteiger partial charge in [0.05, 0.1) is 23.8 Å². The van der Waals surface area contributed by atoms with Gasteiger partial charge < -0.3 is 58.8 Å². The third kappa shape index (κ3) is 17.0. The summed E-state index contributed by atoms with van der Waals surface area (Å²) >= 11 is 8.00. The maximum atomic E-state index is 15.0. The highest BCUT2D eigenvalue weighted by Crippen LogP contribution is 2.33. The standard InChI is InChI=1S/C57H72ClN13O9S/c58-37-19-15-33(16-20-37)25-35-28-48(73)44(26-34-17-21-39(72)22-18-34)65-54(77)43(12-5-7-23-59)64-55(78)45(27-36-30-61-41-10-2-1-9-40(36)41)66-56(79)46(62-50(74)14-4-3-13-49-51-47(32-81-49)67-57(80)68-51)29-38-31-71(70-69-38)24-8-6-11-42(52(60)75)63-53(35)76/h1-2,9-10,15-22,30-31,35,42-47,49,51,61,72H,3-8,11-14,23-29,32,59H2,(H2,60,75)(H,62,74)(H,63,76)(H,64,78)(H,65,77)(H,66,79)(H2,67,68,80)/t35-,42-,43+,44+,45+,46-,47+,49+,51+/m1/s1. The number of nitrogens with two attached hydrogens (primary N) is 2. The molecule has 2 aromatic heterocycles. The van der Waals surface area contributed by atoms with Crippen LogP contribution in [0.3, 0.4) is 0 Å². The van der Waals surface area contributed by atoms with Crippen molar-refractivity contribution in [1.29, 1.82) is 0 Å². The van der Waals surface area contributed by atoms with E-state index < -0.39 is 83.8 Å². The van der Waals surface area contributed by atoms with Crippen molar-refractivity contribution >= 4 is 81.5 Å². The van der Waals surface area contributed by atoms with Gasteiger partial charge in [-0.3, -0.25) is 38.2 Å². The number of halogens is 1. The number of aromatic amines is 1. The minimum absolute atomic E-state index is 0.0210. The summed E-state index contributed by atoms with van der Waals surface area (Å²) in [4.78, 5) is 116. The Morgan fingerprint density at radius 3 is 2.25 bits per heavy atom. The van der Waals surface area contributed by atoms with Crippen LogP contribution in [-0.4, -0.2) is 132 Å². The highest BCUT2D eigenvalue weighted by atomic mass is 35.5. The van der Waals surface area contributed by atoms with Gasteiger partial charge in [-0.2, -0.15) is 11.8 Å². The molecule has 0 unspecified atom stereocenters. The molecule has 0 aliphatic carbocycles. The molecule has 3 aromatic carbocycles. The monoisotopic (exact) mass is 1150 g/mol. The number of phenols is 1. The highest BCUT2D eigenvalue weighted by Gasteiger charge is 2.43. The number of H-pyrrole nitrogens is 1. The predicted molar refractivity (Wildman–Crippen MR) is 305 cm³/mol. The van der Waals surface area contributed by atoms with E-state index in [0.29, 0.717) is 72.5 Å². The first kappa shape index (κ1) is 59.6. The lowest BCUT2D eigenvalue weighted by Crippen LogP contribution is -2.58. The van der Waals surface area contributed by atoms with Gasteiger partial charge in [0.1, 0.15) is 29.9 Å². The van der Waals surface area contributed by atoms with Crippen molar-refractivity contribution in [3.05, 3.63) is 113 Å². The number of nitrogens with zero attached hydrogens (tertiary/aromatic N) is 3. The Morgan fingerprint density at radius 1 is 0.753 bits per heavy atom. The summed E-state index contributed by atoms with van der Waals surface area (Å²) in [5.41, 5.74) is 14.9. The topological polar surface area (TPSA) is 340 Å². The van der Waals surface area contributed by atoms with E-state index in [-0.39, 0.29) is 80.6 Å². The van der Waals surface area contributed by atoms with Crippen LogP contribution in [0.2, 0.25) is 5.02 Å².